The molecule has 0 bridgehead atoms. The minimum Gasteiger partial charge on any atom is -0.495 e. The number of benzene rings is 2. The zero-order valence-electron chi connectivity index (χ0n) is 16.1. The molecule has 0 atom stereocenters. The van der Waals surface area contributed by atoms with Gasteiger partial charge in [0.05, 0.1) is 25.0 Å². The summed E-state index contributed by atoms with van der Waals surface area (Å²) in [4.78, 5) is 16.5. The number of carbonyl (C=O) groups excluding carboxylic acids is 1. The number of aromatic nitrogens is 1. The summed E-state index contributed by atoms with van der Waals surface area (Å²) in [5.41, 5.74) is 2.55. The second-order valence-corrected chi connectivity index (χ2v) is 6.17. The van der Waals surface area contributed by atoms with E-state index in [1.54, 1.807) is 49.7 Å². The maximum Gasteiger partial charge on any atom is 0.243 e. The van der Waals surface area contributed by atoms with Crippen LogP contribution in [0.1, 0.15) is 11.1 Å². The summed E-state index contributed by atoms with van der Waals surface area (Å²) < 4.78 is 11.1. The normalized spacial score (nSPS) is 9.97. The molecule has 0 spiro atoms. The Hall–Kier alpha value is -4.05. The Morgan fingerprint density at radius 2 is 1.93 bits per heavy atom. The van der Waals surface area contributed by atoms with Crippen LogP contribution in [0.5, 0.6) is 17.4 Å². The van der Waals surface area contributed by atoms with Crippen LogP contribution in [0.3, 0.4) is 0 Å². The van der Waals surface area contributed by atoms with E-state index in [4.69, 9.17) is 9.47 Å². The predicted molar refractivity (Wildman–Crippen MR) is 110 cm³/mol. The number of carbonyl (C=O) groups is 1. The number of anilines is 2. The first-order valence-corrected chi connectivity index (χ1v) is 8.91. The Kier molecular flexibility index (Phi) is 6.28. The molecule has 0 saturated heterocycles. The highest BCUT2D eigenvalue weighted by molar-refractivity contribution is 5.95. The van der Waals surface area contributed by atoms with Crippen LogP contribution >= 0.6 is 0 Å². The Balaban J connectivity index is 1.69. The van der Waals surface area contributed by atoms with Crippen LogP contribution in [-0.4, -0.2) is 24.5 Å². The van der Waals surface area contributed by atoms with Crippen LogP contribution in [0, 0.1) is 18.3 Å². The van der Waals surface area contributed by atoms with Gasteiger partial charge in [-0.05, 0) is 48.9 Å². The van der Waals surface area contributed by atoms with Crippen LogP contribution < -0.4 is 20.1 Å². The Morgan fingerprint density at radius 1 is 1.10 bits per heavy atom. The lowest BCUT2D eigenvalue weighted by atomic mass is 10.2. The number of aryl methyl sites for hydroxylation is 1. The number of nitriles is 1. The van der Waals surface area contributed by atoms with Crippen molar-refractivity contribution in [3.8, 4) is 23.4 Å². The zero-order valence-corrected chi connectivity index (χ0v) is 16.1. The van der Waals surface area contributed by atoms with Gasteiger partial charge in [-0.15, -0.1) is 0 Å². The van der Waals surface area contributed by atoms with Gasteiger partial charge in [0.15, 0.2) is 5.75 Å². The highest BCUT2D eigenvalue weighted by atomic mass is 16.5. The third-order valence-electron chi connectivity index (χ3n) is 4.05. The van der Waals surface area contributed by atoms with Crippen molar-refractivity contribution in [3.05, 3.63) is 71.9 Å². The lowest BCUT2D eigenvalue weighted by Gasteiger charge is -2.14. The molecule has 0 aliphatic rings. The van der Waals surface area contributed by atoms with Crippen LogP contribution in [0.4, 0.5) is 11.4 Å². The summed E-state index contributed by atoms with van der Waals surface area (Å²) in [7, 11) is 1.55. The molecular formula is C22H20N4O3. The van der Waals surface area contributed by atoms with Crippen LogP contribution in [0.25, 0.3) is 0 Å². The summed E-state index contributed by atoms with van der Waals surface area (Å²) in [5, 5.41) is 15.1. The molecule has 7 nitrogen and oxygen atoms in total. The predicted octanol–water partition coefficient (Wildman–Crippen LogP) is 4.11. The second kappa shape index (κ2) is 9.24. The van der Waals surface area contributed by atoms with Crippen molar-refractivity contribution in [1.82, 2.24) is 4.98 Å². The smallest absolute Gasteiger partial charge is 0.243 e. The fourth-order valence-corrected chi connectivity index (χ4v) is 2.65. The highest BCUT2D eigenvalue weighted by Gasteiger charge is 2.11. The maximum absolute atomic E-state index is 12.4. The molecule has 29 heavy (non-hydrogen) atoms. The van der Waals surface area contributed by atoms with E-state index >= 15 is 0 Å². The Bertz CT molecular complexity index is 1060. The first-order chi connectivity index (χ1) is 14.1. The number of ether oxygens (including phenoxy) is 2. The van der Waals surface area contributed by atoms with Crippen molar-refractivity contribution in [2.45, 2.75) is 6.92 Å². The van der Waals surface area contributed by atoms with Gasteiger partial charge >= 0.3 is 0 Å². The molecule has 0 unspecified atom stereocenters. The average molecular weight is 388 g/mol. The molecule has 0 fully saturated rings. The standard InChI is InChI=1S/C22H20N4O3/c1-15-9-10-19(28-2)18(12-15)26-21(27)14-25-17-7-3-4-8-20(17)29-22-16(13-23)6-5-11-24-22/h3-12,25H,14H2,1-2H3,(H,26,27). The van der Waals surface area contributed by atoms with Gasteiger partial charge in [0.25, 0.3) is 0 Å². The molecule has 0 aliphatic heterocycles. The van der Waals surface area contributed by atoms with Crippen molar-refractivity contribution >= 4 is 17.3 Å². The molecule has 0 aliphatic carbocycles. The van der Waals surface area contributed by atoms with Gasteiger partial charge < -0.3 is 20.1 Å². The molecular weight excluding hydrogens is 368 g/mol. The van der Waals surface area contributed by atoms with Gasteiger partial charge in [-0.2, -0.15) is 5.26 Å². The molecule has 2 aromatic carbocycles. The molecule has 0 radical (unpaired) electrons. The number of para-hydroxylation sites is 2. The minimum absolute atomic E-state index is 0.0186. The van der Waals surface area contributed by atoms with E-state index in [1.165, 1.54) is 0 Å². The Morgan fingerprint density at radius 3 is 2.72 bits per heavy atom. The molecule has 7 heteroatoms. The SMILES string of the molecule is COc1ccc(C)cc1NC(=O)CNc1ccccc1Oc1ncccc1C#N. The molecule has 3 aromatic rings. The molecule has 3 rings (SSSR count). The maximum atomic E-state index is 12.4. The molecule has 1 heterocycles. The van der Waals surface area contributed by atoms with E-state index in [0.717, 1.165) is 5.56 Å². The third-order valence-corrected chi connectivity index (χ3v) is 4.05. The second-order valence-electron chi connectivity index (χ2n) is 6.17. The van der Waals surface area contributed by atoms with Crippen molar-refractivity contribution in [1.29, 1.82) is 5.26 Å². The van der Waals surface area contributed by atoms with Gasteiger partial charge in [-0.3, -0.25) is 4.79 Å². The fourth-order valence-electron chi connectivity index (χ4n) is 2.65. The highest BCUT2D eigenvalue weighted by Crippen LogP contribution is 2.30. The first kappa shape index (κ1) is 19.7. The average Bonchev–Trinajstić information content (AvgIpc) is 2.74. The van der Waals surface area contributed by atoms with E-state index in [1.807, 2.05) is 31.2 Å². The monoisotopic (exact) mass is 388 g/mol. The Labute approximate surface area is 168 Å². The summed E-state index contributed by atoms with van der Waals surface area (Å²) in [6.07, 6.45) is 1.55. The number of methoxy groups -OCH3 is 1. The topological polar surface area (TPSA) is 96.3 Å². The van der Waals surface area contributed by atoms with E-state index in [-0.39, 0.29) is 18.3 Å². The van der Waals surface area contributed by atoms with E-state index < -0.39 is 0 Å². The molecule has 146 valence electrons. The van der Waals surface area contributed by atoms with Crippen molar-refractivity contribution in [2.24, 2.45) is 0 Å². The van der Waals surface area contributed by atoms with Gasteiger partial charge in [0, 0.05) is 6.20 Å². The summed E-state index contributed by atoms with van der Waals surface area (Å²) >= 11 is 0. The van der Waals surface area contributed by atoms with E-state index in [2.05, 4.69) is 15.6 Å². The minimum atomic E-state index is -0.237. The fraction of sp³-hybridized carbons (Fsp3) is 0.136. The van der Waals surface area contributed by atoms with Gasteiger partial charge in [-0.1, -0.05) is 18.2 Å². The number of nitrogens with zero attached hydrogens (tertiary/aromatic N) is 2. The molecule has 1 aromatic heterocycles. The van der Waals surface area contributed by atoms with E-state index in [9.17, 15) is 10.1 Å². The lowest BCUT2D eigenvalue weighted by Crippen LogP contribution is -2.22. The summed E-state index contributed by atoms with van der Waals surface area (Å²) in [5.74, 6) is 1.02. The lowest BCUT2D eigenvalue weighted by molar-refractivity contribution is -0.114. The largest absolute Gasteiger partial charge is 0.495 e. The van der Waals surface area contributed by atoms with Crippen LogP contribution in [0.15, 0.2) is 60.8 Å². The van der Waals surface area contributed by atoms with Crippen molar-refractivity contribution in [2.75, 3.05) is 24.3 Å². The first-order valence-electron chi connectivity index (χ1n) is 8.91. The molecule has 0 saturated carbocycles. The van der Waals surface area contributed by atoms with Gasteiger partial charge in [-0.25, -0.2) is 4.98 Å². The van der Waals surface area contributed by atoms with E-state index in [0.29, 0.717) is 28.4 Å². The summed E-state index contributed by atoms with van der Waals surface area (Å²) in [6.45, 7) is 1.96. The number of hydrogen-bond acceptors (Lipinski definition) is 6. The number of amides is 1. The quantitative estimate of drug-likeness (QED) is 0.632. The van der Waals surface area contributed by atoms with Gasteiger partial charge in [0.2, 0.25) is 11.8 Å². The van der Waals surface area contributed by atoms with Crippen molar-refractivity contribution < 1.29 is 14.3 Å². The number of pyridine rings is 1. The summed E-state index contributed by atoms with van der Waals surface area (Å²) in [6, 6.07) is 18.0. The van der Waals surface area contributed by atoms with Crippen LogP contribution in [0.2, 0.25) is 0 Å². The van der Waals surface area contributed by atoms with Crippen molar-refractivity contribution in [3.63, 3.8) is 0 Å². The number of hydrogen-bond donors (Lipinski definition) is 2. The zero-order chi connectivity index (χ0) is 20.6. The third kappa shape index (κ3) is 5.02. The van der Waals surface area contributed by atoms with Crippen LogP contribution in [-0.2, 0) is 4.79 Å². The van der Waals surface area contributed by atoms with Gasteiger partial charge in [0.1, 0.15) is 17.4 Å². The number of rotatable bonds is 7. The molecule has 2 N–H and O–H groups in total. The number of nitrogens with one attached hydrogen (secondary N) is 2. The molecule has 1 amide bonds.